The Morgan fingerprint density at radius 3 is 2.86 bits per heavy atom. The topological polar surface area (TPSA) is 51.3 Å². The number of aromatic nitrogens is 2. The Hall–Kier alpha value is -1.75. The number of aryl methyl sites for hydroxylation is 2. The van der Waals surface area contributed by atoms with E-state index in [4.69, 9.17) is 16.0 Å². The van der Waals surface area contributed by atoms with Gasteiger partial charge in [0.05, 0.1) is 18.5 Å². The van der Waals surface area contributed by atoms with E-state index in [-0.39, 0.29) is 17.8 Å². The molecule has 0 saturated carbocycles. The molecular weight excluding hydrogens is 290 g/mol. The number of nitrogens with zero attached hydrogens (tertiary/aromatic N) is 3. The normalized spacial score (nSPS) is 12.4. The van der Waals surface area contributed by atoms with Crippen LogP contribution in [-0.4, -0.2) is 32.5 Å². The third-order valence-electron chi connectivity index (χ3n) is 3.48. The van der Waals surface area contributed by atoms with Crippen LogP contribution in [0.25, 0.3) is 0 Å². The van der Waals surface area contributed by atoms with Gasteiger partial charge in [0.25, 0.3) is 0 Å². The fourth-order valence-corrected chi connectivity index (χ4v) is 2.52. The molecular formula is C15H20ClN3O2. The van der Waals surface area contributed by atoms with Crippen LogP contribution in [0.4, 0.5) is 0 Å². The lowest BCUT2D eigenvalue weighted by Crippen LogP contribution is -2.40. The van der Waals surface area contributed by atoms with Gasteiger partial charge in [0, 0.05) is 25.7 Å². The standard InChI is InChI=1S/C15H20ClN3O2/c1-11-9-18(3)17-14(11)10-19(15(20)8-16)12(2)7-13-5-4-6-21-13/h4-6,9,12H,7-8,10H2,1-3H3. The third-order valence-corrected chi connectivity index (χ3v) is 3.71. The second-order valence-electron chi connectivity index (χ2n) is 5.22. The van der Waals surface area contributed by atoms with E-state index in [9.17, 15) is 4.79 Å². The Morgan fingerprint density at radius 2 is 2.33 bits per heavy atom. The summed E-state index contributed by atoms with van der Waals surface area (Å²) in [5.41, 5.74) is 1.96. The number of carbonyl (C=O) groups is 1. The predicted octanol–water partition coefficient (Wildman–Crippen LogP) is 2.52. The van der Waals surface area contributed by atoms with Crippen molar-refractivity contribution in [1.82, 2.24) is 14.7 Å². The van der Waals surface area contributed by atoms with E-state index in [1.165, 1.54) is 0 Å². The quantitative estimate of drug-likeness (QED) is 0.770. The van der Waals surface area contributed by atoms with Gasteiger partial charge in [-0.1, -0.05) is 0 Å². The smallest absolute Gasteiger partial charge is 0.238 e. The molecule has 2 heterocycles. The van der Waals surface area contributed by atoms with E-state index in [2.05, 4.69) is 5.10 Å². The zero-order valence-electron chi connectivity index (χ0n) is 12.5. The van der Waals surface area contributed by atoms with E-state index in [1.54, 1.807) is 15.8 Å². The molecule has 6 heteroatoms. The van der Waals surface area contributed by atoms with Crippen molar-refractivity contribution in [2.75, 3.05) is 5.88 Å². The van der Waals surface area contributed by atoms with Gasteiger partial charge in [-0.3, -0.25) is 9.48 Å². The molecule has 114 valence electrons. The number of alkyl halides is 1. The molecule has 0 aromatic carbocycles. The van der Waals surface area contributed by atoms with Crippen molar-refractivity contribution >= 4 is 17.5 Å². The maximum atomic E-state index is 12.1. The van der Waals surface area contributed by atoms with Crippen LogP contribution < -0.4 is 0 Å². The van der Waals surface area contributed by atoms with Crippen LogP contribution in [0.15, 0.2) is 29.0 Å². The summed E-state index contributed by atoms with van der Waals surface area (Å²) in [5.74, 6) is 0.724. The van der Waals surface area contributed by atoms with Crippen molar-refractivity contribution in [3.63, 3.8) is 0 Å². The fraction of sp³-hybridized carbons (Fsp3) is 0.467. The molecule has 2 rings (SSSR count). The summed E-state index contributed by atoms with van der Waals surface area (Å²) in [6.45, 7) is 4.44. The van der Waals surface area contributed by atoms with Gasteiger partial charge in [0.15, 0.2) is 0 Å². The lowest BCUT2D eigenvalue weighted by Gasteiger charge is -2.28. The molecule has 0 fully saturated rings. The van der Waals surface area contributed by atoms with Gasteiger partial charge in [0.1, 0.15) is 11.6 Å². The summed E-state index contributed by atoms with van der Waals surface area (Å²) in [7, 11) is 1.87. The van der Waals surface area contributed by atoms with Crippen LogP contribution in [0.2, 0.25) is 0 Å². The summed E-state index contributed by atoms with van der Waals surface area (Å²) in [6.07, 6.45) is 4.23. The lowest BCUT2D eigenvalue weighted by molar-refractivity contribution is -0.131. The Morgan fingerprint density at radius 1 is 1.57 bits per heavy atom. The first-order valence-electron chi connectivity index (χ1n) is 6.88. The average Bonchev–Trinajstić information content (AvgIpc) is 3.05. The maximum absolute atomic E-state index is 12.1. The molecule has 0 radical (unpaired) electrons. The van der Waals surface area contributed by atoms with Crippen LogP contribution in [0.5, 0.6) is 0 Å². The summed E-state index contributed by atoms with van der Waals surface area (Å²) in [5, 5.41) is 4.40. The van der Waals surface area contributed by atoms with Crippen LogP contribution in [0.1, 0.15) is 23.9 Å². The number of amides is 1. The molecule has 5 nitrogen and oxygen atoms in total. The summed E-state index contributed by atoms with van der Waals surface area (Å²) in [6, 6.07) is 3.74. The van der Waals surface area contributed by atoms with Gasteiger partial charge < -0.3 is 9.32 Å². The number of furan rings is 1. The van der Waals surface area contributed by atoms with Crippen molar-refractivity contribution in [2.45, 2.75) is 32.9 Å². The predicted molar refractivity (Wildman–Crippen MR) is 81.1 cm³/mol. The van der Waals surface area contributed by atoms with E-state index in [0.29, 0.717) is 13.0 Å². The van der Waals surface area contributed by atoms with Gasteiger partial charge in [-0.15, -0.1) is 11.6 Å². The molecule has 0 aliphatic rings. The van der Waals surface area contributed by atoms with Crippen LogP contribution in [0, 0.1) is 6.92 Å². The summed E-state index contributed by atoms with van der Waals surface area (Å²) < 4.78 is 7.11. The molecule has 0 saturated heterocycles. The Labute approximate surface area is 129 Å². The van der Waals surface area contributed by atoms with Gasteiger partial charge in [-0.25, -0.2) is 0 Å². The first kappa shape index (κ1) is 15.6. The molecule has 0 N–H and O–H groups in total. The molecule has 2 aromatic rings. The second kappa shape index (κ2) is 6.80. The number of halogens is 1. The van der Waals surface area contributed by atoms with E-state index in [1.807, 2.05) is 39.2 Å². The monoisotopic (exact) mass is 309 g/mol. The van der Waals surface area contributed by atoms with Crippen molar-refractivity contribution in [1.29, 1.82) is 0 Å². The largest absolute Gasteiger partial charge is 0.469 e. The van der Waals surface area contributed by atoms with Gasteiger partial charge in [0.2, 0.25) is 5.91 Å². The molecule has 0 aliphatic heterocycles. The lowest BCUT2D eigenvalue weighted by atomic mass is 10.1. The molecule has 2 aromatic heterocycles. The van der Waals surface area contributed by atoms with Crippen molar-refractivity contribution in [3.05, 3.63) is 41.6 Å². The van der Waals surface area contributed by atoms with Gasteiger partial charge in [-0.05, 0) is 31.5 Å². The minimum absolute atomic E-state index is 0.0104. The van der Waals surface area contributed by atoms with E-state index in [0.717, 1.165) is 17.0 Å². The third kappa shape index (κ3) is 3.88. The number of hydrogen-bond acceptors (Lipinski definition) is 3. The molecule has 0 bridgehead atoms. The average molecular weight is 310 g/mol. The molecule has 1 amide bonds. The Bertz CT molecular complexity index is 592. The summed E-state index contributed by atoms with van der Waals surface area (Å²) >= 11 is 5.74. The Kier molecular flexibility index (Phi) is 5.07. The number of rotatable bonds is 6. The van der Waals surface area contributed by atoms with Crippen LogP contribution in [-0.2, 0) is 24.8 Å². The molecule has 1 atom stereocenters. The molecule has 21 heavy (non-hydrogen) atoms. The van der Waals surface area contributed by atoms with Crippen LogP contribution in [0.3, 0.4) is 0 Å². The SMILES string of the molecule is Cc1cn(C)nc1CN(C(=O)CCl)C(C)Cc1ccco1. The number of carbonyl (C=O) groups excluding carboxylic acids is 1. The molecule has 0 aliphatic carbocycles. The molecule has 1 unspecified atom stereocenters. The highest BCUT2D eigenvalue weighted by molar-refractivity contribution is 6.27. The highest BCUT2D eigenvalue weighted by Crippen LogP contribution is 2.15. The fourth-order valence-electron chi connectivity index (χ4n) is 2.37. The Balaban J connectivity index is 2.14. The first-order valence-corrected chi connectivity index (χ1v) is 7.41. The van der Waals surface area contributed by atoms with Gasteiger partial charge in [-0.2, -0.15) is 5.10 Å². The van der Waals surface area contributed by atoms with E-state index >= 15 is 0 Å². The zero-order valence-corrected chi connectivity index (χ0v) is 13.3. The van der Waals surface area contributed by atoms with Crippen molar-refractivity contribution < 1.29 is 9.21 Å². The highest BCUT2D eigenvalue weighted by Gasteiger charge is 2.22. The maximum Gasteiger partial charge on any atom is 0.238 e. The summed E-state index contributed by atoms with van der Waals surface area (Å²) in [4.78, 5) is 13.9. The van der Waals surface area contributed by atoms with Gasteiger partial charge >= 0.3 is 0 Å². The van der Waals surface area contributed by atoms with E-state index < -0.39 is 0 Å². The number of hydrogen-bond donors (Lipinski definition) is 0. The highest BCUT2D eigenvalue weighted by atomic mass is 35.5. The molecule has 0 spiro atoms. The van der Waals surface area contributed by atoms with Crippen molar-refractivity contribution in [2.24, 2.45) is 7.05 Å². The van der Waals surface area contributed by atoms with Crippen LogP contribution >= 0.6 is 11.6 Å². The first-order chi connectivity index (χ1) is 10.0. The van der Waals surface area contributed by atoms with Crippen molar-refractivity contribution in [3.8, 4) is 0 Å². The second-order valence-corrected chi connectivity index (χ2v) is 5.49. The zero-order chi connectivity index (χ0) is 15.4. The minimum atomic E-state index is -0.0965. The minimum Gasteiger partial charge on any atom is -0.469 e.